The van der Waals surface area contributed by atoms with Crippen LogP contribution in [0.25, 0.3) is 0 Å². The summed E-state index contributed by atoms with van der Waals surface area (Å²) < 4.78 is 5.96. The molecule has 1 aliphatic heterocycles. The van der Waals surface area contributed by atoms with Gasteiger partial charge in [-0.2, -0.15) is 0 Å². The van der Waals surface area contributed by atoms with Gasteiger partial charge in [-0.05, 0) is 36.8 Å². The summed E-state index contributed by atoms with van der Waals surface area (Å²) in [6.45, 7) is 2.97. The first-order valence-electron chi connectivity index (χ1n) is 9.10. The molecule has 0 fully saturated rings. The lowest BCUT2D eigenvalue weighted by atomic mass is 10.1. The number of ether oxygens (including phenoxy) is 1. The van der Waals surface area contributed by atoms with Crippen molar-refractivity contribution in [3.8, 4) is 5.75 Å². The molecule has 1 aliphatic rings. The van der Waals surface area contributed by atoms with E-state index in [9.17, 15) is 9.59 Å². The highest BCUT2D eigenvalue weighted by Gasteiger charge is 2.25. The summed E-state index contributed by atoms with van der Waals surface area (Å²) >= 11 is 0. The number of carbonyl (C=O) groups excluding carboxylic acids is 2. The molecule has 0 saturated carbocycles. The van der Waals surface area contributed by atoms with Crippen LogP contribution in [-0.2, 0) is 4.79 Å². The van der Waals surface area contributed by atoms with Gasteiger partial charge in [0.25, 0.3) is 5.91 Å². The fraction of sp³-hybridized carbons (Fsp3) is 0.333. The molecule has 0 bridgehead atoms. The third-order valence-electron chi connectivity index (χ3n) is 4.51. The lowest BCUT2D eigenvalue weighted by molar-refractivity contribution is -0.115. The number of anilines is 2. The number of carbonyl (C=O) groups is 2. The second-order valence-corrected chi connectivity index (χ2v) is 6.82. The highest BCUT2D eigenvalue weighted by Crippen LogP contribution is 2.33. The molecule has 27 heavy (non-hydrogen) atoms. The highest BCUT2D eigenvalue weighted by molar-refractivity contribution is 5.98. The van der Waals surface area contributed by atoms with Gasteiger partial charge in [-0.1, -0.05) is 25.1 Å². The molecule has 0 saturated heterocycles. The van der Waals surface area contributed by atoms with Crippen molar-refractivity contribution in [2.24, 2.45) is 0 Å². The molecule has 1 heterocycles. The Bertz CT molecular complexity index is 835. The van der Waals surface area contributed by atoms with E-state index in [1.807, 2.05) is 29.2 Å². The van der Waals surface area contributed by atoms with Crippen LogP contribution in [0.2, 0.25) is 0 Å². The van der Waals surface area contributed by atoms with Crippen LogP contribution in [0, 0.1) is 0 Å². The van der Waals surface area contributed by atoms with E-state index in [-0.39, 0.29) is 24.5 Å². The maximum absolute atomic E-state index is 12.6. The monoisotopic (exact) mass is 367 g/mol. The van der Waals surface area contributed by atoms with Gasteiger partial charge in [0.2, 0.25) is 5.91 Å². The molecule has 1 N–H and O–H groups in total. The van der Waals surface area contributed by atoms with Crippen molar-refractivity contribution < 1.29 is 14.3 Å². The van der Waals surface area contributed by atoms with Crippen molar-refractivity contribution in [3.05, 3.63) is 54.1 Å². The zero-order valence-electron chi connectivity index (χ0n) is 15.9. The van der Waals surface area contributed by atoms with E-state index >= 15 is 0 Å². The van der Waals surface area contributed by atoms with E-state index < -0.39 is 0 Å². The van der Waals surface area contributed by atoms with E-state index in [0.29, 0.717) is 17.8 Å². The maximum Gasteiger partial charge on any atom is 0.253 e. The molecule has 142 valence electrons. The molecule has 3 rings (SSSR count). The third kappa shape index (κ3) is 4.39. The number of hydrogen-bond acceptors (Lipinski definition) is 4. The molecule has 0 aliphatic carbocycles. The van der Waals surface area contributed by atoms with Crippen molar-refractivity contribution in [1.29, 1.82) is 0 Å². The largest absolute Gasteiger partial charge is 0.486 e. The second kappa shape index (κ2) is 8.12. The predicted octanol–water partition coefficient (Wildman–Crippen LogP) is 3.00. The van der Waals surface area contributed by atoms with E-state index in [0.717, 1.165) is 17.9 Å². The average molecular weight is 367 g/mol. The number of amides is 2. The molecule has 0 radical (unpaired) electrons. The number of fused-ring (bicyclic) bond motifs is 1. The van der Waals surface area contributed by atoms with Gasteiger partial charge in [-0.3, -0.25) is 9.59 Å². The minimum atomic E-state index is -0.129. The molecule has 2 aromatic rings. The SMILES string of the molecule is CCC1CN(CC(=O)Nc2cccc(C(=O)N(C)C)c2)c2ccccc2O1. The fourth-order valence-corrected chi connectivity index (χ4v) is 3.10. The van der Waals surface area contributed by atoms with Crippen molar-refractivity contribution in [2.45, 2.75) is 19.4 Å². The zero-order chi connectivity index (χ0) is 19.4. The summed E-state index contributed by atoms with van der Waals surface area (Å²) in [5.41, 5.74) is 2.08. The number of benzene rings is 2. The van der Waals surface area contributed by atoms with Crippen LogP contribution < -0.4 is 15.0 Å². The number of nitrogens with zero attached hydrogens (tertiary/aromatic N) is 2. The number of hydrogen-bond donors (Lipinski definition) is 1. The summed E-state index contributed by atoms with van der Waals surface area (Å²) in [5.74, 6) is 0.581. The van der Waals surface area contributed by atoms with E-state index in [1.165, 1.54) is 4.90 Å². The number of nitrogens with one attached hydrogen (secondary N) is 1. The minimum absolute atomic E-state index is 0.0636. The smallest absolute Gasteiger partial charge is 0.253 e. The van der Waals surface area contributed by atoms with Crippen LogP contribution in [-0.4, -0.2) is 50.0 Å². The van der Waals surface area contributed by atoms with Crippen LogP contribution in [0.3, 0.4) is 0 Å². The van der Waals surface area contributed by atoms with Gasteiger partial charge in [0.15, 0.2) is 0 Å². The molecule has 1 unspecified atom stereocenters. The van der Waals surface area contributed by atoms with E-state index in [2.05, 4.69) is 12.2 Å². The van der Waals surface area contributed by atoms with E-state index in [1.54, 1.807) is 38.4 Å². The second-order valence-electron chi connectivity index (χ2n) is 6.82. The van der Waals surface area contributed by atoms with Crippen molar-refractivity contribution >= 4 is 23.2 Å². The predicted molar refractivity (Wildman–Crippen MR) is 106 cm³/mol. The van der Waals surface area contributed by atoms with Crippen LogP contribution in [0.15, 0.2) is 48.5 Å². The van der Waals surface area contributed by atoms with Gasteiger partial charge < -0.3 is 19.9 Å². The molecule has 6 nitrogen and oxygen atoms in total. The highest BCUT2D eigenvalue weighted by atomic mass is 16.5. The summed E-state index contributed by atoms with van der Waals surface area (Å²) in [6.07, 6.45) is 0.940. The normalized spacial score (nSPS) is 15.5. The first-order valence-corrected chi connectivity index (χ1v) is 9.10. The standard InChI is InChI=1S/C21H25N3O3/c1-4-17-13-24(18-10-5-6-11-19(18)27-17)14-20(25)22-16-9-7-8-15(12-16)21(26)23(2)3/h5-12,17H,4,13-14H2,1-3H3,(H,22,25). The van der Waals surface area contributed by atoms with Crippen molar-refractivity contribution in [3.63, 3.8) is 0 Å². The first-order chi connectivity index (χ1) is 13.0. The lowest BCUT2D eigenvalue weighted by Gasteiger charge is -2.35. The summed E-state index contributed by atoms with van der Waals surface area (Å²) in [4.78, 5) is 28.3. The van der Waals surface area contributed by atoms with Crippen molar-refractivity contribution in [1.82, 2.24) is 4.90 Å². The van der Waals surface area contributed by atoms with Crippen LogP contribution in [0.4, 0.5) is 11.4 Å². The molecule has 2 aromatic carbocycles. The van der Waals surface area contributed by atoms with E-state index in [4.69, 9.17) is 4.74 Å². The quantitative estimate of drug-likeness (QED) is 0.882. The van der Waals surface area contributed by atoms with Crippen LogP contribution in [0.5, 0.6) is 5.75 Å². The van der Waals surface area contributed by atoms with Gasteiger partial charge in [-0.25, -0.2) is 0 Å². The fourth-order valence-electron chi connectivity index (χ4n) is 3.10. The Balaban J connectivity index is 1.71. The van der Waals surface area contributed by atoms with Crippen LogP contribution >= 0.6 is 0 Å². The van der Waals surface area contributed by atoms with Gasteiger partial charge in [0, 0.05) is 25.3 Å². The molecular weight excluding hydrogens is 342 g/mol. The topological polar surface area (TPSA) is 61.9 Å². The van der Waals surface area contributed by atoms with Gasteiger partial charge in [0.1, 0.15) is 11.9 Å². The summed E-state index contributed by atoms with van der Waals surface area (Å²) in [5, 5.41) is 2.89. The molecule has 1 atom stereocenters. The Morgan fingerprint density at radius 2 is 1.96 bits per heavy atom. The van der Waals surface area contributed by atoms with Crippen molar-refractivity contribution in [2.75, 3.05) is 37.4 Å². The zero-order valence-corrected chi connectivity index (χ0v) is 15.9. The lowest BCUT2D eigenvalue weighted by Crippen LogP contribution is -2.43. The van der Waals surface area contributed by atoms with Gasteiger partial charge in [-0.15, -0.1) is 0 Å². The maximum atomic E-state index is 12.6. The molecule has 0 spiro atoms. The minimum Gasteiger partial charge on any atom is -0.486 e. The Labute approximate surface area is 159 Å². The Morgan fingerprint density at radius 1 is 1.19 bits per heavy atom. The molecule has 6 heteroatoms. The summed E-state index contributed by atoms with van der Waals surface area (Å²) in [6, 6.07) is 14.8. The number of para-hydroxylation sites is 2. The Morgan fingerprint density at radius 3 is 2.70 bits per heavy atom. The number of rotatable bonds is 5. The molecular formula is C21H25N3O3. The Hall–Kier alpha value is -3.02. The third-order valence-corrected chi connectivity index (χ3v) is 4.51. The molecule has 0 aromatic heterocycles. The summed E-state index contributed by atoms with van der Waals surface area (Å²) in [7, 11) is 3.40. The average Bonchev–Trinajstić information content (AvgIpc) is 2.67. The van der Waals surface area contributed by atoms with Gasteiger partial charge >= 0.3 is 0 Å². The van der Waals surface area contributed by atoms with Gasteiger partial charge in [0.05, 0.1) is 18.8 Å². The Kier molecular flexibility index (Phi) is 5.64. The van der Waals surface area contributed by atoms with Crippen LogP contribution in [0.1, 0.15) is 23.7 Å². The molecule has 2 amide bonds. The first kappa shape index (κ1) is 18.8.